The lowest BCUT2D eigenvalue weighted by Crippen LogP contribution is -1.93. The van der Waals surface area contributed by atoms with E-state index in [1.165, 1.54) is 18.2 Å². The molecule has 0 aromatic heterocycles. The first-order valence-corrected chi connectivity index (χ1v) is 5.02. The number of ether oxygens (including phenoxy) is 1. The normalized spacial score (nSPS) is 9.83. The lowest BCUT2D eigenvalue weighted by atomic mass is 10.2. The first-order valence-electron chi connectivity index (χ1n) is 5.02. The number of anilines is 1. The minimum Gasteiger partial charge on any atom is -0.454 e. The molecular weight excluding hydrogens is 238 g/mol. The molecule has 0 saturated heterocycles. The molecule has 2 N–H and O–H groups in total. The highest BCUT2D eigenvalue weighted by atomic mass is 19.1. The van der Waals surface area contributed by atoms with E-state index < -0.39 is 11.6 Å². The fourth-order valence-electron chi connectivity index (χ4n) is 1.38. The highest BCUT2D eigenvalue weighted by Gasteiger charge is 2.08. The lowest BCUT2D eigenvalue weighted by Gasteiger charge is -2.07. The summed E-state index contributed by atoms with van der Waals surface area (Å²) >= 11 is 0. The number of benzene rings is 2. The Kier molecular flexibility index (Phi) is 3.11. The van der Waals surface area contributed by atoms with E-state index >= 15 is 0 Å². The van der Waals surface area contributed by atoms with Gasteiger partial charge in [0.1, 0.15) is 17.6 Å². The molecule has 0 saturated carbocycles. The quantitative estimate of drug-likeness (QED) is 0.827. The second kappa shape index (κ2) is 4.72. The summed E-state index contributed by atoms with van der Waals surface area (Å²) in [5.74, 6) is -1.33. The van der Waals surface area contributed by atoms with Crippen molar-refractivity contribution >= 4 is 5.69 Å². The van der Waals surface area contributed by atoms with Crippen molar-refractivity contribution in [2.75, 3.05) is 5.73 Å². The SMILES string of the molecule is N#Cc1cc(Oc2cc(F)ccc2F)ccc1N. The van der Waals surface area contributed by atoms with Crippen LogP contribution in [-0.2, 0) is 0 Å². The van der Waals surface area contributed by atoms with Crippen molar-refractivity contribution in [3.8, 4) is 17.6 Å². The van der Waals surface area contributed by atoms with Crippen LogP contribution in [0.15, 0.2) is 36.4 Å². The minimum atomic E-state index is -0.688. The molecule has 0 spiro atoms. The van der Waals surface area contributed by atoms with Gasteiger partial charge >= 0.3 is 0 Å². The van der Waals surface area contributed by atoms with Gasteiger partial charge in [0, 0.05) is 17.8 Å². The molecule has 18 heavy (non-hydrogen) atoms. The van der Waals surface area contributed by atoms with E-state index in [0.717, 1.165) is 18.2 Å². The summed E-state index contributed by atoms with van der Waals surface area (Å²) in [6.45, 7) is 0. The van der Waals surface area contributed by atoms with Crippen molar-refractivity contribution in [2.45, 2.75) is 0 Å². The van der Waals surface area contributed by atoms with Crippen molar-refractivity contribution in [2.24, 2.45) is 0 Å². The summed E-state index contributed by atoms with van der Waals surface area (Å²) in [6, 6.07) is 9.06. The average Bonchev–Trinajstić information content (AvgIpc) is 2.36. The predicted octanol–water partition coefficient (Wildman–Crippen LogP) is 3.21. The summed E-state index contributed by atoms with van der Waals surface area (Å²) in [4.78, 5) is 0. The van der Waals surface area contributed by atoms with Crippen molar-refractivity contribution in [1.82, 2.24) is 0 Å². The van der Waals surface area contributed by atoms with Gasteiger partial charge in [0.05, 0.1) is 5.56 Å². The van der Waals surface area contributed by atoms with Crippen LogP contribution in [0.5, 0.6) is 11.5 Å². The molecule has 2 aromatic carbocycles. The molecule has 2 aromatic rings. The van der Waals surface area contributed by atoms with Gasteiger partial charge in [-0.2, -0.15) is 5.26 Å². The zero-order valence-electron chi connectivity index (χ0n) is 9.15. The van der Waals surface area contributed by atoms with E-state index in [-0.39, 0.29) is 17.1 Å². The molecule has 0 aliphatic carbocycles. The fourth-order valence-corrected chi connectivity index (χ4v) is 1.38. The molecule has 0 bridgehead atoms. The number of hydrogen-bond donors (Lipinski definition) is 1. The van der Waals surface area contributed by atoms with Gasteiger partial charge in [-0.1, -0.05) is 0 Å². The molecular formula is C13H8F2N2O. The van der Waals surface area contributed by atoms with E-state index in [1.54, 1.807) is 0 Å². The Labute approximate surface area is 102 Å². The Bertz CT molecular complexity index is 635. The lowest BCUT2D eigenvalue weighted by molar-refractivity contribution is 0.436. The maximum atomic E-state index is 13.3. The second-order valence-electron chi connectivity index (χ2n) is 3.54. The molecule has 3 nitrogen and oxygen atoms in total. The Morgan fingerprint density at radius 2 is 1.89 bits per heavy atom. The third-order valence-electron chi connectivity index (χ3n) is 2.27. The van der Waals surface area contributed by atoms with Crippen LogP contribution in [0, 0.1) is 23.0 Å². The summed E-state index contributed by atoms with van der Waals surface area (Å²) in [6.07, 6.45) is 0. The maximum Gasteiger partial charge on any atom is 0.165 e. The van der Waals surface area contributed by atoms with Crippen LogP contribution in [0.4, 0.5) is 14.5 Å². The van der Waals surface area contributed by atoms with E-state index in [2.05, 4.69) is 0 Å². The standard InChI is InChI=1S/C13H8F2N2O/c14-9-1-3-11(15)13(6-9)18-10-2-4-12(17)8(5-10)7-16/h1-6H,17H2. The third kappa shape index (κ3) is 2.38. The number of nitrogens with zero attached hydrogens (tertiary/aromatic N) is 1. The van der Waals surface area contributed by atoms with E-state index in [0.29, 0.717) is 5.69 Å². The largest absolute Gasteiger partial charge is 0.454 e. The van der Waals surface area contributed by atoms with Crippen molar-refractivity contribution in [3.63, 3.8) is 0 Å². The molecule has 0 heterocycles. The zero-order valence-corrected chi connectivity index (χ0v) is 9.15. The van der Waals surface area contributed by atoms with Crippen molar-refractivity contribution < 1.29 is 13.5 Å². The molecule has 0 atom stereocenters. The molecule has 2 rings (SSSR count). The van der Waals surface area contributed by atoms with Gasteiger partial charge in [0.25, 0.3) is 0 Å². The number of halogens is 2. The molecule has 0 amide bonds. The molecule has 0 aliphatic heterocycles. The second-order valence-corrected chi connectivity index (χ2v) is 3.54. The van der Waals surface area contributed by atoms with Crippen LogP contribution in [0.2, 0.25) is 0 Å². The number of nitriles is 1. The van der Waals surface area contributed by atoms with Crippen LogP contribution in [0.1, 0.15) is 5.56 Å². The Morgan fingerprint density at radius 1 is 1.11 bits per heavy atom. The van der Waals surface area contributed by atoms with Crippen molar-refractivity contribution in [1.29, 1.82) is 5.26 Å². The molecule has 5 heteroatoms. The number of hydrogen-bond acceptors (Lipinski definition) is 3. The number of rotatable bonds is 2. The fraction of sp³-hybridized carbons (Fsp3) is 0. The van der Waals surface area contributed by atoms with Crippen molar-refractivity contribution in [3.05, 3.63) is 53.6 Å². The Morgan fingerprint density at radius 3 is 2.61 bits per heavy atom. The van der Waals surface area contributed by atoms with Gasteiger partial charge in [-0.15, -0.1) is 0 Å². The summed E-state index contributed by atoms with van der Waals surface area (Å²) in [5.41, 5.74) is 6.04. The van der Waals surface area contributed by atoms with E-state index in [1.807, 2.05) is 6.07 Å². The van der Waals surface area contributed by atoms with Gasteiger partial charge in [-0.25, -0.2) is 8.78 Å². The Balaban J connectivity index is 2.34. The van der Waals surface area contributed by atoms with Gasteiger partial charge in [-0.05, 0) is 24.3 Å². The predicted molar refractivity (Wildman–Crippen MR) is 62.0 cm³/mol. The summed E-state index contributed by atoms with van der Waals surface area (Å²) in [5, 5.41) is 8.79. The molecule has 0 radical (unpaired) electrons. The first kappa shape index (κ1) is 11.9. The highest BCUT2D eigenvalue weighted by molar-refractivity contribution is 5.57. The van der Waals surface area contributed by atoms with Gasteiger partial charge in [-0.3, -0.25) is 0 Å². The van der Waals surface area contributed by atoms with Gasteiger partial charge in [0.15, 0.2) is 11.6 Å². The van der Waals surface area contributed by atoms with E-state index in [4.69, 9.17) is 15.7 Å². The van der Waals surface area contributed by atoms with Crippen LogP contribution in [0.25, 0.3) is 0 Å². The number of nitrogens with two attached hydrogens (primary N) is 1. The average molecular weight is 246 g/mol. The molecule has 0 aliphatic rings. The summed E-state index contributed by atoms with van der Waals surface area (Å²) < 4.78 is 31.4. The van der Waals surface area contributed by atoms with E-state index in [9.17, 15) is 8.78 Å². The highest BCUT2D eigenvalue weighted by Crippen LogP contribution is 2.27. The third-order valence-corrected chi connectivity index (χ3v) is 2.27. The molecule has 0 fully saturated rings. The van der Waals surface area contributed by atoms with Crippen LogP contribution >= 0.6 is 0 Å². The minimum absolute atomic E-state index is 0.212. The molecule has 0 unspecified atom stereocenters. The monoisotopic (exact) mass is 246 g/mol. The van der Waals surface area contributed by atoms with Gasteiger partial charge < -0.3 is 10.5 Å². The Hall–Kier alpha value is -2.61. The number of nitrogen functional groups attached to an aromatic ring is 1. The topological polar surface area (TPSA) is 59.0 Å². The smallest absolute Gasteiger partial charge is 0.165 e. The van der Waals surface area contributed by atoms with Crippen LogP contribution in [-0.4, -0.2) is 0 Å². The molecule has 90 valence electrons. The van der Waals surface area contributed by atoms with Gasteiger partial charge in [0.2, 0.25) is 0 Å². The maximum absolute atomic E-state index is 13.3. The first-order chi connectivity index (χ1) is 8.60. The zero-order chi connectivity index (χ0) is 13.1. The van der Waals surface area contributed by atoms with Crippen LogP contribution < -0.4 is 10.5 Å². The summed E-state index contributed by atoms with van der Waals surface area (Å²) in [7, 11) is 0. The van der Waals surface area contributed by atoms with Crippen LogP contribution in [0.3, 0.4) is 0 Å².